The fourth-order valence-corrected chi connectivity index (χ4v) is 2.38. The van der Waals surface area contributed by atoms with Gasteiger partial charge in [0, 0.05) is 19.5 Å². The maximum Gasteiger partial charge on any atom is 0.254 e. The molecule has 0 aliphatic carbocycles. The summed E-state index contributed by atoms with van der Waals surface area (Å²) in [5.41, 5.74) is 2.16. The Morgan fingerprint density at radius 1 is 1.17 bits per heavy atom. The smallest absolute Gasteiger partial charge is 0.254 e. The van der Waals surface area contributed by atoms with Gasteiger partial charge in [-0.1, -0.05) is 29.4 Å². The molecule has 0 saturated heterocycles. The van der Waals surface area contributed by atoms with Gasteiger partial charge in [0.05, 0.1) is 6.54 Å². The van der Waals surface area contributed by atoms with E-state index in [1.165, 1.54) is 17.0 Å². The number of aryl methyl sites for hydroxylation is 1. The molecule has 24 heavy (non-hydrogen) atoms. The van der Waals surface area contributed by atoms with E-state index >= 15 is 0 Å². The molecule has 0 saturated carbocycles. The van der Waals surface area contributed by atoms with E-state index in [1.54, 1.807) is 44.3 Å². The Bertz CT molecular complexity index is 859. The van der Waals surface area contributed by atoms with Crippen molar-refractivity contribution in [2.45, 2.75) is 13.5 Å². The second-order valence-electron chi connectivity index (χ2n) is 5.48. The van der Waals surface area contributed by atoms with Gasteiger partial charge in [-0.3, -0.25) is 4.79 Å². The monoisotopic (exact) mass is 325 g/mol. The maximum atomic E-state index is 13.3. The van der Waals surface area contributed by atoms with Crippen LogP contribution in [0.25, 0.3) is 11.1 Å². The zero-order valence-electron chi connectivity index (χ0n) is 13.4. The summed E-state index contributed by atoms with van der Waals surface area (Å²) in [7, 11) is 1.68. The summed E-state index contributed by atoms with van der Waals surface area (Å²) >= 11 is 0. The van der Waals surface area contributed by atoms with Gasteiger partial charge in [-0.2, -0.15) is 4.98 Å². The predicted molar refractivity (Wildman–Crippen MR) is 86.7 cm³/mol. The van der Waals surface area contributed by atoms with Crippen LogP contribution in [0.1, 0.15) is 22.1 Å². The summed E-state index contributed by atoms with van der Waals surface area (Å²) in [6.07, 6.45) is 0. The molecule has 3 aromatic rings. The topological polar surface area (TPSA) is 59.2 Å². The average molecular weight is 325 g/mol. The van der Waals surface area contributed by atoms with E-state index in [0.29, 0.717) is 17.3 Å². The molecule has 1 heterocycles. The molecule has 0 fully saturated rings. The van der Waals surface area contributed by atoms with Crippen molar-refractivity contribution in [1.82, 2.24) is 15.0 Å². The molecule has 3 rings (SSSR count). The Kier molecular flexibility index (Phi) is 4.37. The van der Waals surface area contributed by atoms with Gasteiger partial charge >= 0.3 is 0 Å². The average Bonchev–Trinajstić information content (AvgIpc) is 2.99. The second kappa shape index (κ2) is 6.62. The Labute approximate surface area is 138 Å². The third-order valence-electron chi connectivity index (χ3n) is 3.58. The van der Waals surface area contributed by atoms with Crippen molar-refractivity contribution < 1.29 is 13.7 Å². The maximum absolute atomic E-state index is 13.3. The van der Waals surface area contributed by atoms with Gasteiger partial charge in [-0.25, -0.2) is 4.39 Å². The largest absolute Gasteiger partial charge is 0.340 e. The van der Waals surface area contributed by atoms with Gasteiger partial charge in [0.2, 0.25) is 5.89 Å². The molecule has 0 spiro atoms. The minimum Gasteiger partial charge on any atom is -0.340 e. The molecule has 0 unspecified atom stereocenters. The van der Waals surface area contributed by atoms with Crippen LogP contribution in [-0.2, 0) is 6.54 Å². The minimum atomic E-state index is -0.289. The normalized spacial score (nSPS) is 10.6. The van der Waals surface area contributed by atoms with Crippen molar-refractivity contribution in [3.63, 3.8) is 0 Å². The van der Waals surface area contributed by atoms with Crippen molar-refractivity contribution in [1.29, 1.82) is 0 Å². The van der Waals surface area contributed by atoms with Crippen LogP contribution in [0.5, 0.6) is 0 Å². The first-order valence-corrected chi connectivity index (χ1v) is 7.43. The first kappa shape index (κ1) is 15.9. The van der Waals surface area contributed by atoms with Crippen molar-refractivity contribution in [2.24, 2.45) is 0 Å². The molecule has 6 heteroatoms. The number of hydrogen-bond donors (Lipinski definition) is 0. The SMILES string of the molecule is Cc1nc(CN(C)C(=O)c2ccc(-c3cccc(F)c3)cc2)no1. The van der Waals surface area contributed by atoms with E-state index in [2.05, 4.69) is 10.1 Å². The molecule has 5 nitrogen and oxygen atoms in total. The zero-order valence-corrected chi connectivity index (χ0v) is 13.4. The van der Waals surface area contributed by atoms with Crippen molar-refractivity contribution in [2.75, 3.05) is 7.05 Å². The van der Waals surface area contributed by atoms with Crippen LogP contribution < -0.4 is 0 Å². The minimum absolute atomic E-state index is 0.150. The fraction of sp³-hybridized carbons (Fsp3) is 0.167. The van der Waals surface area contributed by atoms with Gasteiger partial charge in [-0.15, -0.1) is 0 Å². The Morgan fingerprint density at radius 3 is 2.54 bits per heavy atom. The van der Waals surface area contributed by atoms with Gasteiger partial charge in [-0.05, 0) is 35.4 Å². The van der Waals surface area contributed by atoms with Crippen LogP contribution in [0.3, 0.4) is 0 Å². The number of carbonyl (C=O) groups is 1. The lowest BCUT2D eigenvalue weighted by Crippen LogP contribution is -2.26. The van der Waals surface area contributed by atoms with Crippen molar-refractivity contribution in [3.8, 4) is 11.1 Å². The lowest BCUT2D eigenvalue weighted by molar-refractivity contribution is 0.0780. The molecule has 0 bridgehead atoms. The summed E-state index contributed by atoms with van der Waals surface area (Å²) < 4.78 is 18.2. The first-order chi connectivity index (χ1) is 11.5. The van der Waals surface area contributed by atoms with Crippen molar-refractivity contribution >= 4 is 5.91 Å². The molecule has 2 aromatic carbocycles. The standard InChI is InChI=1S/C18H16FN3O2/c1-12-20-17(21-24-12)11-22(2)18(23)14-8-6-13(7-9-14)15-4-3-5-16(19)10-15/h3-10H,11H2,1-2H3. The fourth-order valence-electron chi connectivity index (χ4n) is 2.38. The highest BCUT2D eigenvalue weighted by Crippen LogP contribution is 2.21. The quantitative estimate of drug-likeness (QED) is 0.737. The number of halogens is 1. The summed E-state index contributed by atoms with van der Waals surface area (Å²) in [5, 5.41) is 3.78. The lowest BCUT2D eigenvalue weighted by Gasteiger charge is -2.15. The number of carbonyl (C=O) groups excluding carboxylic acids is 1. The Balaban J connectivity index is 1.73. The highest BCUT2D eigenvalue weighted by molar-refractivity contribution is 5.94. The number of rotatable bonds is 4. The number of amides is 1. The molecule has 0 atom stereocenters. The molecule has 1 amide bonds. The number of benzene rings is 2. The van der Waals surface area contributed by atoms with Crippen LogP contribution in [0.15, 0.2) is 53.1 Å². The van der Waals surface area contributed by atoms with Gasteiger partial charge in [0.25, 0.3) is 5.91 Å². The van der Waals surface area contributed by atoms with Gasteiger partial charge < -0.3 is 9.42 Å². The highest BCUT2D eigenvalue weighted by atomic mass is 19.1. The predicted octanol–water partition coefficient (Wildman–Crippen LogP) is 3.46. The van der Waals surface area contributed by atoms with Crippen LogP contribution in [0, 0.1) is 12.7 Å². The summed E-state index contributed by atoms with van der Waals surface area (Å²) in [6.45, 7) is 1.96. The van der Waals surface area contributed by atoms with E-state index in [9.17, 15) is 9.18 Å². The molecule has 1 aromatic heterocycles. The van der Waals surface area contributed by atoms with E-state index < -0.39 is 0 Å². The summed E-state index contributed by atoms with van der Waals surface area (Å²) in [5.74, 6) is 0.482. The Hall–Kier alpha value is -3.02. The van der Waals surface area contributed by atoms with Gasteiger partial charge in [0.1, 0.15) is 5.82 Å². The highest BCUT2D eigenvalue weighted by Gasteiger charge is 2.14. The number of nitrogens with zero attached hydrogens (tertiary/aromatic N) is 3. The molecule has 0 aliphatic rings. The number of aromatic nitrogens is 2. The van der Waals surface area contributed by atoms with Crippen LogP contribution in [-0.4, -0.2) is 28.0 Å². The zero-order chi connectivity index (χ0) is 17.1. The first-order valence-electron chi connectivity index (χ1n) is 7.43. The van der Waals surface area contributed by atoms with E-state index in [-0.39, 0.29) is 18.3 Å². The second-order valence-corrected chi connectivity index (χ2v) is 5.48. The summed E-state index contributed by atoms with van der Waals surface area (Å²) in [4.78, 5) is 18.0. The molecular weight excluding hydrogens is 309 g/mol. The molecule has 0 N–H and O–H groups in total. The van der Waals surface area contributed by atoms with E-state index in [4.69, 9.17) is 4.52 Å². The van der Waals surface area contributed by atoms with Crippen LogP contribution in [0.2, 0.25) is 0 Å². The third-order valence-corrected chi connectivity index (χ3v) is 3.58. The van der Waals surface area contributed by atoms with E-state index in [0.717, 1.165) is 11.1 Å². The van der Waals surface area contributed by atoms with Crippen LogP contribution in [0.4, 0.5) is 4.39 Å². The molecule has 0 radical (unpaired) electrons. The third kappa shape index (κ3) is 3.48. The molecular formula is C18H16FN3O2. The van der Waals surface area contributed by atoms with E-state index in [1.807, 2.05) is 6.07 Å². The van der Waals surface area contributed by atoms with Crippen LogP contribution >= 0.6 is 0 Å². The summed E-state index contributed by atoms with van der Waals surface area (Å²) in [6, 6.07) is 13.4. The molecule has 0 aliphatic heterocycles. The van der Waals surface area contributed by atoms with Gasteiger partial charge in [0.15, 0.2) is 5.82 Å². The molecule has 122 valence electrons. The lowest BCUT2D eigenvalue weighted by atomic mass is 10.0. The number of hydrogen-bond acceptors (Lipinski definition) is 4. The van der Waals surface area contributed by atoms with Crippen molar-refractivity contribution in [3.05, 3.63) is 71.6 Å². The Morgan fingerprint density at radius 2 is 1.92 bits per heavy atom.